The van der Waals surface area contributed by atoms with E-state index < -0.39 is 0 Å². The summed E-state index contributed by atoms with van der Waals surface area (Å²) in [5.74, 6) is 1.32. The molecule has 1 aliphatic carbocycles. The third-order valence-electron chi connectivity index (χ3n) is 3.30. The van der Waals surface area contributed by atoms with E-state index in [0.717, 1.165) is 33.8 Å². The fourth-order valence-corrected chi connectivity index (χ4v) is 5.11. The van der Waals surface area contributed by atoms with Gasteiger partial charge in [-0.1, -0.05) is 23.1 Å². The Morgan fingerprint density at radius 1 is 1.40 bits per heavy atom. The first-order valence-corrected chi connectivity index (χ1v) is 8.92. The number of nitrogens with one attached hydrogen (secondary N) is 1. The summed E-state index contributed by atoms with van der Waals surface area (Å²) in [5, 5.41) is 8.58. The second kappa shape index (κ2) is 4.94. The van der Waals surface area contributed by atoms with E-state index in [2.05, 4.69) is 20.2 Å². The molecule has 20 heavy (non-hydrogen) atoms. The molecule has 0 atom stereocenters. The van der Waals surface area contributed by atoms with Crippen LogP contribution in [0, 0.1) is 0 Å². The van der Waals surface area contributed by atoms with Crippen molar-refractivity contribution in [2.24, 2.45) is 0 Å². The lowest BCUT2D eigenvalue weighted by atomic mass is 10.2. The van der Waals surface area contributed by atoms with Gasteiger partial charge in [-0.15, -0.1) is 21.5 Å². The molecule has 4 rings (SSSR count). The molecule has 5 nitrogen and oxygen atoms in total. The molecular formula is C12H10N4OS3. The summed E-state index contributed by atoms with van der Waals surface area (Å²) in [6.07, 6.45) is 3.26. The molecular weight excluding hydrogens is 312 g/mol. The number of aromatic nitrogens is 4. The molecule has 0 spiro atoms. The van der Waals surface area contributed by atoms with Gasteiger partial charge in [0.05, 0.1) is 11.1 Å². The van der Waals surface area contributed by atoms with Crippen molar-refractivity contribution in [1.82, 2.24) is 20.2 Å². The number of thiophene rings is 1. The van der Waals surface area contributed by atoms with Gasteiger partial charge in [-0.3, -0.25) is 4.79 Å². The van der Waals surface area contributed by atoms with E-state index in [4.69, 9.17) is 0 Å². The van der Waals surface area contributed by atoms with E-state index >= 15 is 0 Å². The van der Waals surface area contributed by atoms with Gasteiger partial charge < -0.3 is 4.98 Å². The zero-order valence-electron chi connectivity index (χ0n) is 10.4. The van der Waals surface area contributed by atoms with Crippen molar-refractivity contribution in [3.8, 4) is 0 Å². The molecule has 102 valence electrons. The molecule has 1 N–H and O–H groups in total. The van der Waals surface area contributed by atoms with Gasteiger partial charge in [0.25, 0.3) is 5.56 Å². The van der Waals surface area contributed by atoms with Crippen molar-refractivity contribution >= 4 is 44.7 Å². The number of hydrogen-bond acceptors (Lipinski definition) is 7. The van der Waals surface area contributed by atoms with Gasteiger partial charge in [0.1, 0.15) is 16.2 Å². The van der Waals surface area contributed by atoms with E-state index in [-0.39, 0.29) is 5.56 Å². The summed E-state index contributed by atoms with van der Waals surface area (Å²) in [6, 6.07) is 0. The predicted molar refractivity (Wildman–Crippen MR) is 81.7 cm³/mol. The van der Waals surface area contributed by atoms with Crippen LogP contribution in [0.25, 0.3) is 10.2 Å². The van der Waals surface area contributed by atoms with Crippen LogP contribution in [-0.2, 0) is 18.6 Å². The maximum absolute atomic E-state index is 12.3. The lowest BCUT2D eigenvalue weighted by molar-refractivity contribution is 0.916. The maximum Gasteiger partial charge on any atom is 0.259 e. The van der Waals surface area contributed by atoms with Crippen LogP contribution in [0.3, 0.4) is 0 Å². The van der Waals surface area contributed by atoms with Crippen molar-refractivity contribution in [3.05, 3.63) is 32.1 Å². The van der Waals surface area contributed by atoms with E-state index in [0.29, 0.717) is 11.6 Å². The number of thioether (sulfide) groups is 1. The fraction of sp³-hybridized carbons (Fsp3) is 0.333. The van der Waals surface area contributed by atoms with Gasteiger partial charge in [0.2, 0.25) is 0 Å². The smallest absolute Gasteiger partial charge is 0.259 e. The highest BCUT2D eigenvalue weighted by atomic mass is 32.2. The molecule has 3 aromatic heterocycles. The Bertz CT molecular complexity index is 821. The Balaban J connectivity index is 1.70. The molecule has 0 amide bonds. The monoisotopic (exact) mass is 322 g/mol. The van der Waals surface area contributed by atoms with Crippen LogP contribution in [0.5, 0.6) is 0 Å². The molecule has 0 bridgehead atoms. The maximum atomic E-state index is 12.3. The number of hydrogen-bond donors (Lipinski definition) is 1. The Hall–Kier alpha value is -1.25. The predicted octanol–water partition coefficient (Wildman–Crippen LogP) is 2.62. The van der Waals surface area contributed by atoms with Crippen LogP contribution in [0.1, 0.15) is 22.7 Å². The Labute approximate surface area is 126 Å². The van der Waals surface area contributed by atoms with Gasteiger partial charge in [0, 0.05) is 4.88 Å². The van der Waals surface area contributed by atoms with E-state index in [1.165, 1.54) is 21.8 Å². The van der Waals surface area contributed by atoms with Crippen molar-refractivity contribution < 1.29 is 0 Å². The first-order chi connectivity index (χ1) is 9.81. The minimum atomic E-state index is 0.00210. The average molecular weight is 322 g/mol. The third kappa shape index (κ3) is 2.07. The van der Waals surface area contributed by atoms with Gasteiger partial charge >= 0.3 is 0 Å². The normalized spacial score (nSPS) is 14.0. The molecule has 0 saturated carbocycles. The van der Waals surface area contributed by atoms with Crippen molar-refractivity contribution in [3.63, 3.8) is 0 Å². The van der Waals surface area contributed by atoms with Gasteiger partial charge in [-0.25, -0.2) is 4.98 Å². The van der Waals surface area contributed by atoms with E-state index in [9.17, 15) is 4.79 Å². The standard InChI is InChI=1S/C12H10N4OS3/c17-10-9-6-2-1-3-7(6)20-11(9)15-8(14-10)4-18-12-16-13-5-19-12/h5H,1-4H2,(H,14,15,17). The quantitative estimate of drug-likeness (QED) is 0.751. The van der Waals surface area contributed by atoms with Crippen molar-refractivity contribution in [2.45, 2.75) is 29.4 Å². The molecule has 8 heteroatoms. The molecule has 3 heterocycles. The molecule has 0 unspecified atom stereocenters. The minimum absolute atomic E-state index is 0.00210. The third-order valence-corrected chi connectivity index (χ3v) is 6.35. The summed E-state index contributed by atoms with van der Waals surface area (Å²) in [7, 11) is 0. The number of fused-ring (bicyclic) bond motifs is 3. The molecule has 0 aliphatic heterocycles. The Morgan fingerprint density at radius 3 is 3.20 bits per heavy atom. The van der Waals surface area contributed by atoms with Crippen LogP contribution in [0.15, 0.2) is 14.6 Å². The highest BCUT2D eigenvalue weighted by Crippen LogP contribution is 2.34. The number of aryl methyl sites for hydroxylation is 2. The summed E-state index contributed by atoms with van der Waals surface area (Å²) >= 11 is 4.71. The highest BCUT2D eigenvalue weighted by molar-refractivity contribution is 8.00. The number of nitrogens with zero attached hydrogens (tertiary/aromatic N) is 3. The fourth-order valence-electron chi connectivity index (χ4n) is 2.47. The van der Waals surface area contributed by atoms with Crippen molar-refractivity contribution in [2.75, 3.05) is 0 Å². The van der Waals surface area contributed by atoms with Crippen LogP contribution in [0.4, 0.5) is 0 Å². The molecule has 1 aliphatic rings. The van der Waals surface area contributed by atoms with Gasteiger partial charge in [0.15, 0.2) is 4.34 Å². The second-order valence-electron chi connectivity index (χ2n) is 4.54. The van der Waals surface area contributed by atoms with Crippen molar-refractivity contribution in [1.29, 1.82) is 0 Å². The topological polar surface area (TPSA) is 71.5 Å². The van der Waals surface area contributed by atoms with E-state index in [1.54, 1.807) is 28.6 Å². The summed E-state index contributed by atoms with van der Waals surface area (Å²) < 4.78 is 0.890. The van der Waals surface area contributed by atoms with Crippen LogP contribution in [-0.4, -0.2) is 20.2 Å². The highest BCUT2D eigenvalue weighted by Gasteiger charge is 2.21. The Kier molecular flexibility index (Phi) is 3.08. The number of aromatic amines is 1. The first-order valence-electron chi connectivity index (χ1n) is 6.23. The summed E-state index contributed by atoms with van der Waals surface area (Å²) in [6.45, 7) is 0. The van der Waals surface area contributed by atoms with Gasteiger partial charge in [-0.05, 0) is 24.8 Å². The summed E-state index contributed by atoms with van der Waals surface area (Å²) in [4.78, 5) is 22.0. The minimum Gasteiger partial charge on any atom is -0.309 e. The van der Waals surface area contributed by atoms with Crippen LogP contribution < -0.4 is 5.56 Å². The zero-order valence-corrected chi connectivity index (χ0v) is 12.8. The second-order valence-corrected chi connectivity index (χ2v) is 7.68. The van der Waals surface area contributed by atoms with E-state index in [1.807, 2.05) is 0 Å². The first kappa shape index (κ1) is 12.5. The number of H-pyrrole nitrogens is 1. The van der Waals surface area contributed by atoms with Gasteiger partial charge in [-0.2, -0.15) is 0 Å². The molecule has 0 fully saturated rings. The molecule has 0 saturated heterocycles. The lowest BCUT2D eigenvalue weighted by Crippen LogP contribution is -2.11. The largest absolute Gasteiger partial charge is 0.309 e. The molecule has 0 aromatic carbocycles. The zero-order chi connectivity index (χ0) is 13.5. The molecule has 0 radical (unpaired) electrons. The Morgan fingerprint density at radius 2 is 2.35 bits per heavy atom. The SMILES string of the molecule is O=c1[nH]c(CSc2nncs2)nc2sc3c(c12)CCC3. The lowest BCUT2D eigenvalue weighted by Gasteiger charge is -1.99. The molecule has 3 aromatic rings. The summed E-state index contributed by atoms with van der Waals surface area (Å²) in [5.41, 5.74) is 2.93. The van der Waals surface area contributed by atoms with Crippen LogP contribution >= 0.6 is 34.4 Å². The average Bonchev–Trinajstić information content (AvgIpc) is 3.12. The van der Waals surface area contributed by atoms with Crippen LogP contribution in [0.2, 0.25) is 0 Å². The number of rotatable bonds is 3.